The van der Waals surface area contributed by atoms with E-state index in [1.165, 1.54) is 0 Å². The van der Waals surface area contributed by atoms with Crippen LogP contribution in [0, 0.1) is 0 Å². The summed E-state index contributed by atoms with van der Waals surface area (Å²) >= 11 is 0. The first-order chi connectivity index (χ1) is 9.43. The molecular formula is C14H10Na4O6+4. The Morgan fingerprint density at radius 3 is 1.21 bits per heavy atom. The van der Waals surface area contributed by atoms with Crippen LogP contribution < -0.4 is 118 Å². The van der Waals surface area contributed by atoms with Crippen LogP contribution in [0.25, 0.3) is 10.8 Å². The average molecular weight is 366 g/mol. The SMILES string of the molecule is O=C1CCC(=O)c2c1c(O)c1c(O)ccc(O)c1c2O.[Na+].[Na+].[Na+].[Na+]. The zero-order valence-corrected chi connectivity index (χ0v) is 22.2. The first kappa shape index (κ1) is 27.5. The smallest absolute Gasteiger partial charge is 0.507 e. The van der Waals surface area contributed by atoms with Crippen molar-refractivity contribution in [1.29, 1.82) is 0 Å². The van der Waals surface area contributed by atoms with Gasteiger partial charge < -0.3 is 20.4 Å². The number of hydrogen-bond acceptors (Lipinski definition) is 6. The molecule has 0 fully saturated rings. The summed E-state index contributed by atoms with van der Waals surface area (Å²) in [7, 11) is 0. The van der Waals surface area contributed by atoms with Crippen LogP contribution in [0.15, 0.2) is 12.1 Å². The first-order valence-electron chi connectivity index (χ1n) is 5.92. The molecule has 10 heteroatoms. The van der Waals surface area contributed by atoms with Gasteiger partial charge in [0.05, 0.1) is 21.9 Å². The van der Waals surface area contributed by atoms with Gasteiger partial charge in [-0.1, -0.05) is 0 Å². The number of carbonyl (C=O) groups excluding carboxylic acids is 2. The summed E-state index contributed by atoms with van der Waals surface area (Å²) in [5.41, 5.74) is -0.598. The molecule has 0 aromatic heterocycles. The van der Waals surface area contributed by atoms with E-state index in [2.05, 4.69) is 0 Å². The van der Waals surface area contributed by atoms with Gasteiger partial charge >= 0.3 is 118 Å². The number of phenols is 4. The van der Waals surface area contributed by atoms with Gasteiger partial charge in [-0.2, -0.15) is 0 Å². The van der Waals surface area contributed by atoms with E-state index in [-0.39, 0.29) is 153 Å². The Kier molecular flexibility index (Phi) is 12.1. The molecule has 0 saturated carbocycles. The molecule has 6 nitrogen and oxygen atoms in total. The molecule has 0 saturated heterocycles. The topological polar surface area (TPSA) is 115 Å². The van der Waals surface area contributed by atoms with Gasteiger partial charge in [0, 0.05) is 12.8 Å². The molecule has 1 aliphatic rings. The summed E-state index contributed by atoms with van der Waals surface area (Å²) in [6.07, 6.45) is -0.131. The fraction of sp³-hybridized carbons (Fsp3) is 0.143. The minimum absolute atomic E-state index is 0. The molecule has 24 heavy (non-hydrogen) atoms. The van der Waals surface area contributed by atoms with Crippen molar-refractivity contribution >= 4 is 22.3 Å². The third-order valence-electron chi connectivity index (χ3n) is 3.50. The van der Waals surface area contributed by atoms with Crippen molar-refractivity contribution in [3.63, 3.8) is 0 Å². The van der Waals surface area contributed by atoms with Crippen molar-refractivity contribution in [2.45, 2.75) is 12.8 Å². The maximum Gasteiger partial charge on any atom is 1.00 e. The van der Waals surface area contributed by atoms with Crippen molar-refractivity contribution in [1.82, 2.24) is 0 Å². The second kappa shape index (κ2) is 10.5. The van der Waals surface area contributed by atoms with Crippen LogP contribution in [0.3, 0.4) is 0 Å². The molecule has 0 atom stereocenters. The second-order valence-electron chi connectivity index (χ2n) is 4.65. The van der Waals surface area contributed by atoms with Crippen LogP contribution in [0.1, 0.15) is 33.6 Å². The van der Waals surface area contributed by atoms with Crippen molar-refractivity contribution in [2.24, 2.45) is 0 Å². The number of fused-ring (bicyclic) bond motifs is 2. The molecule has 3 rings (SSSR count). The number of aromatic hydroxyl groups is 4. The maximum absolute atomic E-state index is 11.9. The van der Waals surface area contributed by atoms with Crippen molar-refractivity contribution in [3.8, 4) is 23.0 Å². The van der Waals surface area contributed by atoms with Crippen molar-refractivity contribution in [3.05, 3.63) is 23.3 Å². The third-order valence-corrected chi connectivity index (χ3v) is 3.50. The predicted octanol–water partition coefficient (Wildman–Crippen LogP) is -10.2. The van der Waals surface area contributed by atoms with Gasteiger partial charge in [0.15, 0.2) is 11.6 Å². The zero-order chi connectivity index (χ0) is 14.6. The molecule has 4 N–H and O–H groups in total. The van der Waals surface area contributed by atoms with E-state index in [0.717, 1.165) is 12.1 Å². The Morgan fingerprint density at radius 1 is 0.625 bits per heavy atom. The molecule has 0 spiro atoms. The summed E-state index contributed by atoms with van der Waals surface area (Å²) in [5, 5.41) is 39.4. The monoisotopic (exact) mass is 366 g/mol. The van der Waals surface area contributed by atoms with Gasteiger partial charge in [-0.05, 0) is 12.1 Å². The third kappa shape index (κ3) is 4.38. The normalized spacial score (nSPS) is 12.2. The van der Waals surface area contributed by atoms with E-state index in [1.807, 2.05) is 0 Å². The number of phenolic OH excluding ortho intramolecular Hbond substituents is 4. The van der Waals surface area contributed by atoms with E-state index in [1.54, 1.807) is 0 Å². The number of benzene rings is 2. The summed E-state index contributed by atoms with van der Waals surface area (Å²) in [5.74, 6) is -2.98. The van der Waals surface area contributed by atoms with Gasteiger partial charge in [0.25, 0.3) is 0 Å². The molecule has 0 heterocycles. The molecule has 0 bridgehead atoms. The molecule has 0 radical (unpaired) electrons. The fourth-order valence-electron chi connectivity index (χ4n) is 2.57. The number of hydrogen-bond donors (Lipinski definition) is 4. The van der Waals surface area contributed by atoms with Gasteiger partial charge in [-0.15, -0.1) is 0 Å². The summed E-state index contributed by atoms with van der Waals surface area (Å²) in [4.78, 5) is 23.8. The quantitative estimate of drug-likeness (QED) is 0.272. The summed E-state index contributed by atoms with van der Waals surface area (Å²) in [6, 6.07) is 2.25. The van der Waals surface area contributed by atoms with E-state index in [4.69, 9.17) is 0 Å². The molecule has 0 unspecified atom stereocenters. The summed E-state index contributed by atoms with van der Waals surface area (Å²) < 4.78 is 0. The second-order valence-corrected chi connectivity index (χ2v) is 4.65. The van der Waals surface area contributed by atoms with Crippen LogP contribution in [0.2, 0.25) is 0 Å². The predicted molar refractivity (Wildman–Crippen MR) is 68.5 cm³/mol. The Balaban J connectivity index is 0. The molecule has 102 valence electrons. The van der Waals surface area contributed by atoms with E-state index in [9.17, 15) is 30.0 Å². The largest absolute Gasteiger partial charge is 1.00 e. The van der Waals surface area contributed by atoms with Crippen LogP contribution in [0.4, 0.5) is 0 Å². The van der Waals surface area contributed by atoms with Crippen LogP contribution in [-0.4, -0.2) is 32.0 Å². The minimum atomic E-state index is -0.598. The summed E-state index contributed by atoms with van der Waals surface area (Å²) in [6.45, 7) is 0. The standard InChI is InChI=1S/C14H10O6.4Na/c15-5-1-2-6(16)10-9(5)13(19)11-7(17)3-4-8(18)12(11)14(10)20;;;;/h1-2,15-16,19-20H,3-4H2;;;;/q;4*+1. The fourth-order valence-corrected chi connectivity index (χ4v) is 2.57. The van der Waals surface area contributed by atoms with E-state index >= 15 is 0 Å². The van der Waals surface area contributed by atoms with E-state index in [0.29, 0.717) is 0 Å². The Morgan fingerprint density at radius 2 is 0.917 bits per heavy atom. The van der Waals surface area contributed by atoms with Crippen LogP contribution in [-0.2, 0) is 0 Å². The van der Waals surface area contributed by atoms with Crippen molar-refractivity contribution < 1.29 is 148 Å². The van der Waals surface area contributed by atoms with Gasteiger partial charge in [-0.3, -0.25) is 9.59 Å². The van der Waals surface area contributed by atoms with Crippen LogP contribution >= 0.6 is 0 Å². The number of Topliss-reactive ketones (excluding diaryl/α,β-unsaturated/α-hetero) is 2. The molecule has 2 aromatic rings. The number of carbonyl (C=O) groups is 2. The molecular weight excluding hydrogens is 356 g/mol. The maximum atomic E-state index is 11.9. The molecule has 0 amide bonds. The van der Waals surface area contributed by atoms with Crippen LogP contribution in [0.5, 0.6) is 23.0 Å². The Hall–Kier alpha value is 1.24. The number of rotatable bonds is 0. The Labute approximate surface area is 226 Å². The van der Waals surface area contributed by atoms with Gasteiger partial charge in [-0.25, -0.2) is 0 Å². The number of ketones is 2. The zero-order valence-electron chi connectivity index (χ0n) is 14.2. The molecule has 1 aliphatic carbocycles. The van der Waals surface area contributed by atoms with E-state index < -0.39 is 34.6 Å². The molecule has 2 aromatic carbocycles. The van der Waals surface area contributed by atoms with Gasteiger partial charge in [0.1, 0.15) is 23.0 Å². The molecule has 0 aliphatic heterocycles. The average Bonchev–Trinajstić information content (AvgIpc) is 2.41. The first-order valence-corrected chi connectivity index (χ1v) is 5.92. The minimum Gasteiger partial charge on any atom is -0.507 e. The van der Waals surface area contributed by atoms with Crippen molar-refractivity contribution in [2.75, 3.05) is 0 Å². The Bertz CT molecular complexity index is 739. The van der Waals surface area contributed by atoms with Gasteiger partial charge in [0.2, 0.25) is 0 Å².